The third-order valence-electron chi connectivity index (χ3n) is 10.6. The molecule has 32 heteroatoms. The molecular weight excluding hydrogens is 999 g/mol. The van der Waals surface area contributed by atoms with Crippen molar-refractivity contribution in [2.75, 3.05) is 26.2 Å². The number of aliphatic hydroxyl groups is 1. The Labute approximate surface area is 428 Å². The first-order valence-electron chi connectivity index (χ1n) is 23.0. The minimum atomic E-state index is -1.98. The molecule has 1 aromatic rings. The van der Waals surface area contributed by atoms with Crippen molar-refractivity contribution in [3.63, 3.8) is 0 Å². The van der Waals surface area contributed by atoms with Crippen LogP contribution in [0.3, 0.4) is 0 Å². The number of aliphatic hydroxyl groups excluding tert-OH is 1. The van der Waals surface area contributed by atoms with E-state index in [2.05, 4.69) is 52.8 Å². The van der Waals surface area contributed by atoms with Crippen molar-refractivity contribution in [1.82, 2.24) is 47.9 Å². The normalized spacial score (nSPS) is 14.3. The van der Waals surface area contributed by atoms with E-state index in [0.717, 1.165) is 6.92 Å². The van der Waals surface area contributed by atoms with Gasteiger partial charge in [0.25, 0.3) is 0 Å². The number of benzene rings is 1. The van der Waals surface area contributed by atoms with Gasteiger partial charge in [-0.1, -0.05) is 32.4 Å². The highest BCUT2D eigenvalue weighted by Crippen LogP contribution is 2.13. The Bertz CT molecular complexity index is 2260. The predicted molar refractivity (Wildman–Crippen MR) is 259 cm³/mol. The van der Waals surface area contributed by atoms with E-state index < -0.39 is 170 Å². The summed E-state index contributed by atoms with van der Waals surface area (Å²) >= 11 is 0. The van der Waals surface area contributed by atoms with Crippen molar-refractivity contribution in [2.24, 2.45) is 39.6 Å². The Balaban J connectivity index is 3.38. The number of primary amides is 2. The van der Waals surface area contributed by atoms with Crippen LogP contribution in [0.1, 0.15) is 64.9 Å². The number of carbonyl (C=O) groups excluding carboxylic acids is 11. The number of hydrogen-bond acceptors (Lipinski definition) is 17. The van der Waals surface area contributed by atoms with E-state index in [-0.39, 0.29) is 37.5 Å². The zero-order valence-electron chi connectivity index (χ0n) is 41.2. The predicted octanol–water partition coefficient (Wildman–Crippen LogP) is -8.69. The largest absolute Gasteiger partial charge is 0.508 e. The lowest BCUT2D eigenvalue weighted by Gasteiger charge is -2.26. The number of aliphatic imine (C=N–C) groups is 1. The summed E-state index contributed by atoms with van der Waals surface area (Å²) in [7, 11) is 0. The Kier molecular flexibility index (Phi) is 27.8. The van der Waals surface area contributed by atoms with Crippen LogP contribution in [0.2, 0.25) is 0 Å². The number of carboxylic acid groups (broad SMARTS) is 2. The van der Waals surface area contributed by atoms with Crippen molar-refractivity contribution >= 4 is 82.9 Å². The van der Waals surface area contributed by atoms with Crippen molar-refractivity contribution < 1.29 is 82.8 Å². The van der Waals surface area contributed by atoms with Gasteiger partial charge in [0.2, 0.25) is 65.0 Å². The minimum absolute atomic E-state index is 0.0395. The number of aromatic hydroxyl groups is 1. The quantitative estimate of drug-likeness (QED) is 0.0173. The molecule has 416 valence electrons. The number of nitrogens with two attached hydrogens (primary N) is 5. The second-order valence-electron chi connectivity index (χ2n) is 16.8. The van der Waals surface area contributed by atoms with Crippen LogP contribution in [0, 0.1) is 5.92 Å². The molecule has 0 aliphatic carbocycles. The fourth-order valence-electron chi connectivity index (χ4n) is 6.37. The molecule has 75 heavy (non-hydrogen) atoms. The minimum Gasteiger partial charge on any atom is -0.508 e. The summed E-state index contributed by atoms with van der Waals surface area (Å²) in [4.78, 5) is 169. The van der Waals surface area contributed by atoms with Crippen LogP contribution >= 0.6 is 0 Å². The highest BCUT2D eigenvalue weighted by Gasteiger charge is 2.34. The average Bonchev–Trinajstić information content (AvgIpc) is 3.33. The molecule has 23 N–H and O–H groups in total. The summed E-state index contributed by atoms with van der Waals surface area (Å²) in [6.45, 7) is 1.74. The zero-order valence-corrected chi connectivity index (χ0v) is 41.2. The molecule has 1 aromatic carbocycles. The molecule has 0 unspecified atom stereocenters. The average molecular weight is 1070 g/mol. The topological polar surface area (TPSA) is 554 Å². The molecule has 0 spiro atoms. The molecule has 32 nitrogen and oxygen atoms in total. The van der Waals surface area contributed by atoms with Crippen LogP contribution in [0.15, 0.2) is 29.3 Å². The Morgan fingerprint density at radius 1 is 0.587 bits per heavy atom. The highest BCUT2D eigenvalue weighted by molar-refractivity contribution is 5.99. The number of nitrogens with one attached hydrogen (secondary N) is 9. The van der Waals surface area contributed by atoms with E-state index in [0.29, 0.717) is 12.0 Å². The van der Waals surface area contributed by atoms with Crippen LogP contribution < -0.4 is 76.5 Å². The van der Waals surface area contributed by atoms with Crippen molar-refractivity contribution in [3.8, 4) is 5.75 Å². The number of rotatable bonds is 34. The number of nitrogens with zero attached hydrogens (tertiary/aromatic N) is 1. The molecule has 0 aromatic heterocycles. The van der Waals surface area contributed by atoms with Crippen molar-refractivity contribution in [1.29, 1.82) is 0 Å². The Hall–Kier alpha value is -8.68. The third kappa shape index (κ3) is 25.0. The number of amides is 11. The van der Waals surface area contributed by atoms with Crippen molar-refractivity contribution in [2.45, 2.75) is 114 Å². The van der Waals surface area contributed by atoms with Crippen LogP contribution in [0.25, 0.3) is 0 Å². The first-order chi connectivity index (χ1) is 35.1. The number of guanidine groups is 1. The summed E-state index contributed by atoms with van der Waals surface area (Å²) in [6.07, 6.45) is -2.98. The van der Waals surface area contributed by atoms with Crippen LogP contribution in [-0.4, -0.2) is 178 Å². The van der Waals surface area contributed by atoms with Crippen molar-refractivity contribution in [3.05, 3.63) is 29.8 Å². The van der Waals surface area contributed by atoms with E-state index in [1.165, 1.54) is 24.3 Å². The summed E-state index contributed by atoms with van der Waals surface area (Å²) in [5, 5.41) is 58.1. The Morgan fingerprint density at radius 3 is 1.53 bits per heavy atom. The van der Waals surface area contributed by atoms with Gasteiger partial charge in [-0.05, 0) is 43.4 Å². The lowest BCUT2D eigenvalue weighted by atomic mass is 9.99. The molecule has 0 saturated carbocycles. The van der Waals surface area contributed by atoms with Gasteiger partial charge in [-0.15, -0.1) is 0 Å². The monoisotopic (exact) mass is 1070 g/mol. The van der Waals surface area contributed by atoms with Gasteiger partial charge in [-0.25, -0.2) is 4.79 Å². The molecule has 0 radical (unpaired) electrons. The summed E-state index contributed by atoms with van der Waals surface area (Å²) in [6, 6.07) is -7.74. The Morgan fingerprint density at radius 2 is 1.05 bits per heavy atom. The molecular formula is C43H67N15O17. The summed E-state index contributed by atoms with van der Waals surface area (Å²) < 4.78 is 0. The maximum atomic E-state index is 14.0. The number of aliphatic carboxylic acids is 2. The summed E-state index contributed by atoms with van der Waals surface area (Å²) in [5.41, 5.74) is 27.1. The first-order valence-corrected chi connectivity index (χ1v) is 23.0. The number of hydrogen-bond donors (Lipinski definition) is 18. The number of phenolic OH excluding ortho intramolecular Hbond substituents is 1. The van der Waals surface area contributed by atoms with E-state index >= 15 is 0 Å². The van der Waals surface area contributed by atoms with E-state index in [9.17, 15) is 82.8 Å². The first kappa shape index (κ1) is 64.3. The SMILES string of the molecule is CC[C@H](C)[C@H](NC(=O)CNC(=O)[C@H](CC(N)=O)NC(=O)[C@H](C)NC(=O)[C@H](CC(=O)O)NC(=O)[C@H](CCCN=C(N)N)NC(=O)[C@H](Cc1ccc(O)cc1)NC(=O)CNC(=O)[C@H](CC(N)=O)NC(=O)[C@@H](N)CO)C(=O)O. The number of carboxylic acids is 2. The molecule has 1 rings (SSSR count). The third-order valence-corrected chi connectivity index (χ3v) is 10.6. The number of carbonyl (C=O) groups is 13. The van der Waals surface area contributed by atoms with Gasteiger partial charge in [0.1, 0.15) is 54.1 Å². The fraction of sp³-hybridized carbons (Fsp3) is 0.535. The van der Waals surface area contributed by atoms with Gasteiger partial charge >= 0.3 is 11.9 Å². The molecule has 0 aliphatic rings. The molecule has 0 bridgehead atoms. The van der Waals surface area contributed by atoms with E-state index in [4.69, 9.17) is 28.7 Å². The molecule has 0 saturated heterocycles. The smallest absolute Gasteiger partial charge is 0.326 e. The zero-order chi connectivity index (χ0) is 57.1. The molecule has 9 atom stereocenters. The van der Waals surface area contributed by atoms with Gasteiger partial charge in [-0.3, -0.25) is 62.5 Å². The van der Waals surface area contributed by atoms with Crippen LogP contribution in [0.5, 0.6) is 5.75 Å². The van der Waals surface area contributed by atoms with E-state index in [1.54, 1.807) is 13.8 Å². The lowest BCUT2D eigenvalue weighted by Crippen LogP contribution is -2.59. The standard InChI is InChI=1S/C43H67N15O17/c1-4-19(2)34(42(74)75)58-32(64)17-51-37(69)26(13-29(45)61)55-35(67)20(3)52-40(72)28(15-33(65)66)57-39(71)24(6-5-11-49-43(47)48)54-41(73)25(12-21-7-9-22(60)10-8-21)53-31(63)16-50-38(70)27(14-30(46)62)56-36(68)23(44)18-59/h7-10,19-20,23-28,34,59-60H,4-6,11-18,44H2,1-3H3,(H2,45,61)(H2,46,62)(H,50,70)(H,51,69)(H,52,72)(H,53,63)(H,54,73)(H,55,67)(H,56,68)(H,57,71)(H,58,64)(H,65,66)(H,74,75)(H4,47,48,49)/t19-,20-,23-,24-,25-,26-,27-,28-,34-/m0/s1. The highest BCUT2D eigenvalue weighted by atomic mass is 16.4. The van der Waals surface area contributed by atoms with Gasteiger partial charge in [0, 0.05) is 13.0 Å². The van der Waals surface area contributed by atoms with Gasteiger partial charge in [0.05, 0.1) is 39.0 Å². The second kappa shape index (κ2) is 32.4. The van der Waals surface area contributed by atoms with Crippen LogP contribution in [-0.2, 0) is 68.7 Å². The molecule has 0 fully saturated rings. The van der Waals surface area contributed by atoms with Gasteiger partial charge in [0.15, 0.2) is 5.96 Å². The number of phenols is 1. The van der Waals surface area contributed by atoms with Crippen LogP contribution in [0.4, 0.5) is 0 Å². The maximum Gasteiger partial charge on any atom is 0.326 e. The lowest BCUT2D eigenvalue weighted by molar-refractivity contribution is -0.143. The van der Waals surface area contributed by atoms with Gasteiger partial charge < -0.3 is 96.9 Å². The molecule has 11 amide bonds. The molecule has 0 heterocycles. The molecule has 0 aliphatic heterocycles. The summed E-state index contributed by atoms with van der Waals surface area (Å²) in [5.74, 6) is -16.0. The van der Waals surface area contributed by atoms with E-state index in [1.807, 2.05) is 0 Å². The van der Waals surface area contributed by atoms with Gasteiger partial charge in [-0.2, -0.15) is 0 Å². The maximum absolute atomic E-state index is 14.0. The second-order valence-corrected chi connectivity index (χ2v) is 16.8. The fourth-order valence-corrected chi connectivity index (χ4v) is 6.37.